The number of benzene rings is 1. The van der Waals surface area contributed by atoms with E-state index in [0.29, 0.717) is 17.9 Å². The van der Waals surface area contributed by atoms with Crippen LogP contribution in [0.25, 0.3) is 5.69 Å². The lowest BCUT2D eigenvalue weighted by molar-refractivity contribution is -0.384. The van der Waals surface area contributed by atoms with Crippen LogP contribution in [0.4, 0.5) is 5.69 Å². The van der Waals surface area contributed by atoms with Crippen molar-refractivity contribution in [1.29, 1.82) is 0 Å². The van der Waals surface area contributed by atoms with E-state index >= 15 is 0 Å². The Kier molecular flexibility index (Phi) is 2.73. The van der Waals surface area contributed by atoms with Gasteiger partial charge in [-0.25, -0.2) is 14.6 Å². The maximum Gasteiger partial charge on any atom is 0.361 e. The minimum Gasteiger partial charge on any atom is -0.258 e. The van der Waals surface area contributed by atoms with Gasteiger partial charge in [0.25, 0.3) is 5.69 Å². The molecule has 0 aliphatic rings. The van der Waals surface area contributed by atoms with E-state index in [4.69, 9.17) is 0 Å². The number of nitro groups is 1. The first-order valence-electron chi connectivity index (χ1n) is 5.04. The van der Waals surface area contributed by atoms with Crippen molar-refractivity contribution in [3.05, 3.63) is 50.7 Å². The zero-order valence-corrected chi connectivity index (χ0v) is 9.08. The summed E-state index contributed by atoms with van der Waals surface area (Å²) in [5.74, 6) is 0.537. The average Bonchev–Trinajstić information content (AvgIpc) is 2.70. The lowest BCUT2D eigenvalue weighted by Crippen LogP contribution is -2.05. The summed E-state index contributed by atoms with van der Waals surface area (Å²) < 4.78 is 1.45. The summed E-state index contributed by atoms with van der Waals surface area (Å²) >= 11 is 0. The van der Waals surface area contributed by atoms with Crippen molar-refractivity contribution in [2.75, 3.05) is 0 Å². The van der Waals surface area contributed by atoms with Crippen molar-refractivity contribution in [2.24, 2.45) is 0 Å². The molecule has 0 radical (unpaired) electrons. The molecule has 0 saturated heterocycles. The second-order valence-corrected chi connectivity index (χ2v) is 3.41. The van der Waals surface area contributed by atoms with Crippen molar-refractivity contribution >= 4 is 5.69 Å². The summed E-state index contributed by atoms with van der Waals surface area (Å²) in [5, 5.41) is 13.2. The zero-order chi connectivity index (χ0) is 12.4. The van der Waals surface area contributed by atoms with Crippen LogP contribution in [0.5, 0.6) is 0 Å². The molecule has 1 N–H and O–H groups in total. The molecule has 0 bridgehead atoms. The molecule has 0 saturated carbocycles. The third-order valence-electron chi connectivity index (χ3n) is 2.31. The number of non-ortho nitro benzene ring substituents is 1. The number of nitrogens with zero attached hydrogens (tertiary/aromatic N) is 3. The first-order valence-corrected chi connectivity index (χ1v) is 5.04. The van der Waals surface area contributed by atoms with Crippen molar-refractivity contribution in [3.8, 4) is 5.69 Å². The van der Waals surface area contributed by atoms with E-state index in [1.807, 2.05) is 6.92 Å². The highest BCUT2D eigenvalue weighted by molar-refractivity contribution is 5.42. The van der Waals surface area contributed by atoms with Crippen molar-refractivity contribution in [3.63, 3.8) is 0 Å². The third kappa shape index (κ3) is 2.07. The highest BCUT2D eigenvalue weighted by Crippen LogP contribution is 2.16. The Morgan fingerprint density at radius 1 is 1.53 bits per heavy atom. The van der Waals surface area contributed by atoms with Crippen LogP contribution in [0.1, 0.15) is 12.7 Å². The minimum atomic E-state index is -0.482. The van der Waals surface area contributed by atoms with Gasteiger partial charge in [0.15, 0.2) is 0 Å². The molecule has 0 spiro atoms. The van der Waals surface area contributed by atoms with Gasteiger partial charge < -0.3 is 0 Å². The monoisotopic (exact) mass is 234 g/mol. The van der Waals surface area contributed by atoms with Gasteiger partial charge in [0.2, 0.25) is 0 Å². The minimum absolute atomic E-state index is 0.0286. The summed E-state index contributed by atoms with van der Waals surface area (Å²) in [5.41, 5.74) is 0.0260. The molecule has 17 heavy (non-hydrogen) atoms. The van der Waals surface area contributed by atoms with Gasteiger partial charge in [0.05, 0.1) is 10.6 Å². The first-order chi connectivity index (χ1) is 8.11. The van der Waals surface area contributed by atoms with Crippen LogP contribution in [-0.2, 0) is 6.42 Å². The van der Waals surface area contributed by atoms with Crippen molar-refractivity contribution in [1.82, 2.24) is 14.8 Å². The third-order valence-corrected chi connectivity index (χ3v) is 2.31. The predicted octanol–water partition coefficient (Wildman–Crippen LogP) is 1.03. The Balaban J connectivity index is 2.56. The Morgan fingerprint density at radius 3 is 2.94 bits per heavy atom. The summed E-state index contributed by atoms with van der Waals surface area (Å²) in [6, 6.07) is 6.01. The van der Waals surface area contributed by atoms with E-state index in [-0.39, 0.29) is 5.69 Å². The summed E-state index contributed by atoms with van der Waals surface area (Å²) in [7, 11) is 0. The predicted molar refractivity (Wildman–Crippen MR) is 60.2 cm³/mol. The van der Waals surface area contributed by atoms with Crippen LogP contribution in [0.3, 0.4) is 0 Å². The molecule has 0 unspecified atom stereocenters. The fourth-order valence-electron chi connectivity index (χ4n) is 1.55. The second-order valence-electron chi connectivity index (χ2n) is 3.41. The topological polar surface area (TPSA) is 93.8 Å². The molecule has 0 fully saturated rings. The van der Waals surface area contributed by atoms with E-state index in [1.54, 1.807) is 12.1 Å². The number of hydrogen-bond donors (Lipinski definition) is 1. The number of aryl methyl sites for hydroxylation is 1. The summed E-state index contributed by atoms with van der Waals surface area (Å²) in [6.45, 7) is 1.85. The van der Waals surface area contributed by atoms with Crippen LogP contribution in [-0.4, -0.2) is 19.7 Å². The van der Waals surface area contributed by atoms with Gasteiger partial charge in [-0.05, 0) is 6.07 Å². The molecule has 1 aromatic carbocycles. The van der Waals surface area contributed by atoms with E-state index in [9.17, 15) is 14.9 Å². The van der Waals surface area contributed by atoms with Crippen LogP contribution in [0.2, 0.25) is 0 Å². The Bertz CT molecular complexity index is 614. The van der Waals surface area contributed by atoms with Gasteiger partial charge in [-0.3, -0.25) is 10.1 Å². The summed E-state index contributed by atoms with van der Waals surface area (Å²) in [4.78, 5) is 25.1. The van der Waals surface area contributed by atoms with Gasteiger partial charge in [-0.1, -0.05) is 13.0 Å². The molecule has 7 nitrogen and oxygen atoms in total. The highest BCUT2D eigenvalue weighted by Gasteiger charge is 2.10. The number of aromatic amines is 1. The number of aromatic nitrogens is 3. The fraction of sp³-hybridized carbons (Fsp3) is 0.200. The van der Waals surface area contributed by atoms with Crippen molar-refractivity contribution in [2.45, 2.75) is 13.3 Å². The fourth-order valence-corrected chi connectivity index (χ4v) is 1.55. The first kappa shape index (κ1) is 11.1. The van der Waals surface area contributed by atoms with E-state index in [0.717, 1.165) is 0 Å². The van der Waals surface area contributed by atoms with Gasteiger partial charge in [-0.2, -0.15) is 4.98 Å². The number of rotatable bonds is 3. The SMILES string of the molecule is CCc1nc(=O)[nH]n1-c1cccc([N+](=O)[O-])c1. The number of nitrogens with one attached hydrogen (secondary N) is 1. The quantitative estimate of drug-likeness (QED) is 0.633. The van der Waals surface area contributed by atoms with E-state index < -0.39 is 10.6 Å². The molecule has 1 heterocycles. The molecule has 1 aromatic heterocycles. The molecular weight excluding hydrogens is 224 g/mol. The standard InChI is InChI=1S/C10H10N4O3/c1-2-9-11-10(15)12-13(9)7-4-3-5-8(6-7)14(16)17/h3-6H,2H2,1H3,(H,12,15). The molecule has 0 aliphatic carbocycles. The Morgan fingerprint density at radius 2 is 2.29 bits per heavy atom. The molecule has 88 valence electrons. The summed E-state index contributed by atoms with van der Waals surface area (Å²) in [6.07, 6.45) is 0.557. The number of nitro benzene ring substituents is 1. The van der Waals surface area contributed by atoms with Crippen LogP contribution < -0.4 is 5.69 Å². The van der Waals surface area contributed by atoms with Gasteiger partial charge >= 0.3 is 5.69 Å². The number of hydrogen-bond acceptors (Lipinski definition) is 4. The molecule has 2 aromatic rings. The molecule has 0 atom stereocenters. The van der Waals surface area contributed by atoms with Crippen LogP contribution >= 0.6 is 0 Å². The molecule has 0 amide bonds. The van der Waals surface area contributed by atoms with E-state index in [2.05, 4.69) is 10.1 Å². The van der Waals surface area contributed by atoms with Crippen molar-refractivity contribution < 1.29 is 4.92 Å². The zero-order valence-electron chi connectivity index (χ0n) is 9.08. The molecule has 2 rings (SSSR count). The lowest BCUT2D eigenvalue weighted by atomic mass is 10.3. The second kappa shape index (κ2) is 4.20. The average molecular weight is 234 g/mol. The maximum atomic E-state index is 11.1. The highest BCUT2D eigenvalue weighted by atomic mass is 16.6. The Hall–Kier alpha value is -2.44. The lowest BCUT2D eigenvalue weighted by Gasteiger charge is -2.04. The van der Waals surface area contributed by atoms with Gasteiger partial charge in [0.1, 0.15) is 5.82 Å². The van der Waals surface area contributed by atoms with E-state index in [1.165, 1.54) is 16.8 Å². The molecule has 7 heteroatoms. The maximum absolute atomic E-state index is 11.1. The number of H-pyrrole nitrogens is 1. The van der Waals surface area contributed by atoms with Crippen LogP contribution in [0.15, 0.2) is 29.1 Å². The molecule has 0 aliphatic heterocycles. The molecular formula is C10H10N4O3. The van der Waals surface area contributed by atoms with Gasteiger partial charge in [-0.15, -0.1) is 0 Å². The normalized spacial score (nSPS) is 10.4. The largest absolute Gasteiger partial charge is 0.361 e. The van der Waals surface area contributed by atoms with Gasteiger partial charge in [0, 0.05) is 18.6 Å². The van der Waals surface area contributed by atoms with Crippen LogP contribution in [0, 0.1) is 10.1 Å². The smallest absolute Gasteiger partial charge is 0.258 e. The Labute approximate surface area is 95.9 Å².